The third kappa shape index (κ3) is 2.91. The Kier molecular flexibility index (Phi) is 6.09. The molecule has 40 heavy (non-hydrogen) atoms. The fourth-order valence-corrected chi connectivity index (χ4v) is 8.37. The molecular weight excluding hydrogens is 532 g/mol. The lowest BCUT2D eigenvalue weighted by Crippen LogP contribution is -3.12. The monoisotopic (exact) mass is 550 g/mol. The Morgan fingerprint density at radius 2 is 0.700 bits per heavy atom. The van der Waals surface area contributed by atoms with E-state index in [1.807, 2.05) is 0 Å². The highest BCUT2D eigenvalue weighted by molar-refractivity contribution is 5.97. The molecule has 6 aliphatic rings. The van der Waals surface area contributed by atoms with Crippen LogP contribution in [0.15, 0.2) is 30.7 Å². The van der Waals surface area contributed by atoms with E-state index in [0.29, 0.717) is 0 Å². The van der Waals surface area contributed by atoms with Gasteiger partial charge in [0.2, 0.25) is 0 Å². The second-order valence-electron chi connectivity index (χ2n) is 10.5. The molecule has 0 spiro atoms. The largest absolute Gasteiger partial charge is 0.458 e. The minimum absolute atomic E-state index is 0.149. The first-order valence-electron chi connectivity index (χ1n) is 11.9. The van der Waals surface area contributed by atoms with Crippen molar-refractivity contribution in [1.29, 1.82) is 0 Å². The molecule has 0 aromatic rings. The van der Waals surface area contributed by atoms with Gasteiger partial charge in [-0.25, -0.2) is 0 Å². The van der Waals surface area contributed by atoms with Crippen LogP contribution in [0, 0.1) is 46.3 Å². The number of hydrogen-bond acceptors (Lipinski definition) is 10. The van der Waals surface area contributed by atoms with E-state index in [0.717, 1.165) is 0 Å². The van der Waals surface area contributed by atoms with Gasteiger partial charge in [0.25, 0.3) is 0 Å². The molecule has 0 heterocycles. The van der Waals surface area contributed by atoms with Crippen LogP contribution in [0.25, 0.3) is 62.7 Å². The number of hydrogen-bond donors (Lipinski definition) is 0. The quantitative estimate of drug-likeness (QED) is 0.118. The average Bonchev–Trinajstić information content (AvgIpc) is 2.98. The summed E-state index contributed by atoms with van der Waals surface area (Å²) in [7, 11) is 0. The van der Waals surface area contributed by atoms with Crippen molar-refractivity contribution in [3.05, 3.63) is 62.7 Å². The number of carbonyl (C=O) groups is 2. The lowest BCUT2D eigenvalue weighted by atomic mass is 8.92. The van der Waals surface area contributed by atoms with Crippen molar-refractivity contribution < 1.29 is 19.1 Å². The van der Waals surface area contributed by atoms with Crippen LogP contribution in [0.5, 0.6) is 0 Å². The second-order valence-corrected chi connectivity index (χ2v) is 10.5. The van der Waals surface area contributed by atoms with Crippen LogP contribution in [0.3, 0.4) is 0 Å². The topological polar surface area (TPSA) is 345 Å². The number of carbonyl (C=O) groups excluding carboxylic acids is 2. The van der Waals surface area contributed by atoms with Gasteiger partial charge in [-0.15, -0.1) is 0 Å². The van der Waals surface area contributed by atoms with Gasteiger partial charge in [-0.05, 0) is 68.7 Å². The standard InChI is InChI=1S/C18H18N18O4/c19-31-25-1-15(2-26-32-20,3-27-33-21)39-13(37)17-7-10-8(17)12-9(17)11(7)18(10,12)14(38)40-16(4-28-34-22,5-29-35-23)6-30-36-24/h7-12H,1-6H2. The van der Waals surface area contributed by atoms with Crippen molar-refractivity contribution in [3.8, 4) is 0 Å². The first-order chi connectivity index (χ1) is 19.4. The molecule has 22 nitrogen and oxygen atoms in total. The molecule has 22 heteroatoms. The average molecular weight is 550 g/mol. The molecule has 0 amide bonds. The molecular formula is C18H18N18O4. The number of esters is 2. The molecule has 0 atom stereocenters. The number of ether oxygens (including phenoxy) is 2. The third-order valence-corrected chi connectivity index (χ3v) is 9.49. The van der Waals surface area contributed by atoms with Gasteiger partial charge in [-0.1, -0.05) is 30.7 Å². The Bertz CT molecular complexity index is 1200. The van der Waals surface area contributed by atoms with Gasteiger partial charge in [-0.2, -0.15) is 0 Å². The Morgan fingerprint density at radius 1 is 0.500 bits per heavy atom. The maximum absolute atomic E-state index is 13.5. The summed E-state index contributed by atoms with van der Waals surface area (Å²) < 4.78 is 11.5. The molecule has 6 saturated carbocycles. The van der Waals surface area contributed by atoms with E-state index in [2.05, 4.69) is 60.2 Å². The molecule has 0 bridgehead atoms. The van der Waals surface area contributed by atoms with E-state index in [9.17, 15) is 9.59 Å². The van der Waals surface area contributed by atoms with E-state index in [1.54, 1.807) is 0 Å². The van der Waals surface area contributed by atoms with Crippen LogP contribution in [0.4, 0.5) is 0 Å². The van der Waals surface area contributed by atoms with Crippen LogP contribution >= 0.6 is 0 Å². The first-order valence-corrected chi connectivity index (χ1v) is 11.9. The summed E-state index contributed by atoms with van der Waals surface area (Å²) in [5.41, 5.74) is 47.7. The summed E-state index contributed by atoms with van der Waals surface area (Å²) in [6, 6.07) is 0. The smallest absolute Gasteiger partial charge is 0.313 e. The molecule has 0 unspecified atom stereocenters. The zero-order valence-electron chi connectivity index (χ0n) is 20.4. The lowest BCUT2D eigenvalue weighted by molar-refractivity contribution is -0.629. The van der Waals surface area contributed by atoms with E-state index < -0.39 is 73.2 Å². The SMILES string of the molecule is [N-]=[N+]=NCC(CN=[N+]=[N-])(CN=[N+]=[N-])OC(=O)C12C3C4C1C1C2C3C41C(=O)OC(CN=[N+]=[N-])(CN=[N+]=[N-])CN=[N+]=[N-]. The van der Waals surface area contributed by atoms with Gasteiger partial charge < -0.3 is 9.47 Å². The van der Waals surface area contributed by atoms with Crippen LogP contribution in [0.2, 0.25) is 0 Å². The van der Waals surface area contributed by atoms with Crippen molar-refractivity contribution in [2.45, 2.75) is 11.2 Å². The molecule has 0 aliphatic heterocycles. The highest BCUT2D eigenvalue weighted by atomic mass is 16.6. The van der Waals surface area contributed by atoms with Crippen LogP contribution < -0.4 is 0 Å². The summed E-state index contributed by atoms with van der Waals surface area (Å²) in [6.45, 7) is -2.50. The van der Waals surface area contributed by atoms with Gasteiger partial charge in [0.05, 0.1) is 50.1 Å². The molecule has 6 aliphatic carbocycles. The summed E-state index contributed by atoms with van der Waals surface area (Å²) in [5.74, 6) is -2.06. The molecule has 6 rings (SSSR count). The van der Waals surface area contributed by atoms with E-state index in [1.165, 1.54) is 0 Å². The van der Waals surface area contributed by atoms with Crippen LogP contribution in [-0.2, 0) is 19.1 Å². The fourth-order valence-electron chi connectivity index (χ4n) is 8.37. The Balaban J connectivity index is 1.33. The predicted octanol–water partition coefficient (Wildman–Crippen LogP) is 4.15. The van der Waals surface area contributed by atoms with E-state index >= 15 is 0 Å². The summed E-state index contributed by atoms with van der Waals surface area (Å²) in [6.07, 6.45) is 0. The van der Waals surface area contributed by atoms with Crippen molar-refractivity contribution in [2.75, 3.05) is 39.3 Å². The highest BCUT2D eigenvalue weighted by Crippen LogP contribution is 3.10. The lowest BCUT2D eigenvalue weighted by Gasteiger charge is -3.08. The molecule has 0 saturated heterocycles. The van der Waals surface area contributed by atoms with Crippen molar-refractivity contribution >= 4 is 11.9 Å². The molecule has 0 aromatic carbocycles. The summed E-state index contributed by atoms with van der Waals surface area (Å²) in [5, 5.41) is 20.7. The third-order valence-electron chi connectivity index (χ3n) is 9.49. The maximum atomic E-state index is 13.5. The number of azide groups is 6. The van der Waals surface area contributed by atoms with Crippen molar-refractivity contribution in [1.82, 2.24) is 0 Å². The minimum Gasteiger partial charge on any atom is -0.458 e. The molecule has 0 N–H and O–H groups in total. The van der Waals surface area contributed by atoms with Gasteiger partial charge in [-0.3, -0.25) is 9.59 Å². The minimum atomic E-state index is -1.66. The summed E-state index contributed by atoms with van der Waals surface area (Å²) >= 11 is 0. The molecule has 0 aromatic heterocycles. The van der Waals surface area contributed by atoms with Crippen LogP contribution in [-0.4, -0.2) is 62.4 Å². The Morgan fingerprint density at radius 3 is 0.875 bits per heavy atom. The maximum Gasteiger partial charge on any atom is 0.313 e. The van der Waals surface area contributed by atoms with E-state index in [4.69, 9.17) is 42.7 Å². The Hall–Kier alpha value is -5.20. The zero-order chi connectivity index (χ0) is 28.8. The van der Waals surface area contributed by atoms with Crippen molar-refractivity contribution in [3.63, 3.8) is 0 Å². The normalized spacial score (nSPS) is 35.9. The highest BCUT2D eigenvalue weighted by Gasteiger charge is 3.14. The number of nitrogens with zero attached hydrogens (tertiary/aromatic N) is 18. The first kappa shape index (κ1) is 26.4. The molecule has 6 fully saturated rings. The Labute approximate surface area is 221 Å². The van der Waals surface area contributed by atoms with Gasteiger partial charge in [0.1, 0.15) is 11.2 Å². The van der Waals surface area contributed by atoms with Crippen LogP contribution in [0.1, 0.15) is 0 Å². The molecule has 0 radical (unpaired) electrons. The molecule has 204 valence electrons. The van der Waals surface area contributed by atoms with Gasteiger partial charge in [0.15, 0.2) is 0 Å². The summed E-state index contributed by atoms with van der Waals surface area (Å²) in [4.78, 5) is 43.0. The predicted molar refractivity (Wildman–Crippen MR) is 128 cm³/mol. The number of rotatable bonds is 16. The zero-order valence-corrected chi connectivity index (χ0v) is 20.4. The van der Waals surface area contributed by atoms with E-state index in [-0.39, 0.29) is 35.5 Å². The van der Waals surface area contributed by atoms with Gasteiger partial charge in [0, 0.05) is 29.5 Å². The van der Waals surface area contributed by atoms with Gasteiger partial charge >= 0.3 is 11.9 Å². The van der Waals surface area contributed by atoms with Crippen molar-refractivity contribution in [2.24, 2.45) is 77.0 Å². The fraction of sp³-hybridized carbons (Fsp3) is 0.889. The second kappa shape index (κ2) is 9.22.